The molecule has 202 valence electrons. The first-order chi connectivity index (χ1) is 18.3. The summed E-state index contributed by atoms with van der Waals surface area (Å²) in [5.41, 5.74) is 4.39. The average molecular weight is 519 g/mol. The first kappa shape index (κ1) is 26.4. The van der Waals surface area contributed by atoms with Crippen LogP contribution in [0.2, 0.25) is 0 Å². The zero-order valence-corrected chi connectivity index (χ0v) is 22.8. The molecule has 2 fully saturated rings. The Balaban J connectivity index is 1.16. The Labute approximate surface area is 225 Å². The molecule has 6 nitrogen and oxygen atoms in total. The number of amides is 1. The van der Waals surface area contributed by atoms with E-state index in [1.807, 2.05) is 23.1 Å². The first-order valence-electron chi connectivity index (χ1n) is 13.8. The highest BCUT2D eigenvalue weighted by Crippen LogP contribution is 2.30. The Morgan fingerprint density at radius 1 is 1.03 bits per heavy atom. The van der Waals surface area contributed by atoms with Crippen molar-refractivity contribution >= 4 is 11.6 Å². The Morgan fingerprint density at radius 3 is 2.42 bits per heavy atom. The van der Waals surface area contributed by atoms with Gasteiger partial charge in [-0.25, -0.2) is 4.39 Å². The molecule has 2 aromatic carbocycles. The van der Waals surface area contributed by atoms with Crippen LogP contribution in [0, 0.1) is 17.7 Å². The summed E-state index contributed by atoms with van der Waals surface area (Å²) in [6.07, 6.45) is 2.36. The van der Waals surface area contributed by atoms with Gasteiger partial charge in [-0.15, -0.1) is 0 Å². The third kappa shape index (κ3) is 6.26. The van der Waals surface area contributed by atoms with Crippen LogP contribution in [0.25, 0.3) is 11.3 Å². The van der Waals surface area contributed by atoms with Crippen LogP contribution in [0.3, 0.4) is 0 Å². The molecule has 5 rings (SSSR count). The zero-order valence-electron chi connectivity index (χ0n) is 22.8. The number of halogens is 1. The van der Waals surface area contributed by atoms with Crippen LogP contribution in [0.4, 0.5) is 10.1 Å². The Bertz CT molecular complexity index is 1210. The molecule has 1 N–H and O–H groups in total. The SMILES string of the molecule is CC(C)(C)c1ccc(-c2cc(C[C@H]3CNCC[C@H]3CC(=O)N3CCN(c4ccc(F)cc4)CC3)no2)cc1. The van der Waals surface area contributed by atoms with E-state index in [1.165, 1.54) is 17.7 Å². The van der Waals surface area contributed by atoms with Crippen molar-refractivity contribution in [2.75, 3.05) is 44.2 Å². The number of piperazine rings is 1. The fourth-order valence-corrected chi connectivity index (χ4v) is 5.65. The van der Waals surface area contributed by atoms with Crippen LogP contribution in [0.1, 0.15) is 44.9 Å². The smallest absolute Gasteiger partial charge is 0.222 e. The lowest BCUT2D eigenvalue weighted by Gasteiger charge is -2.38. The number of nitrogens with one attached hydrogen (secondary N) is 1. The van der Waals surface area contributed by atoms with Crippen LogP contribution >= 0.6 is 0 Å². The van der Waals surface area contributed by atoms with Crippen molar-refractivity contribution in [2.24, 2.45) is 11.8 Å². The topological polar surface area (TPSA) is 61.6 Å². The van der Waals surface area contributed by atoms with Gasteiger partial charge in [0.1, 0.15) is 5.82 Å². The van der Waals surface area contributed by atoms with E-state index in [0.29, 0.717) is 31.3 Å². The van der Waals surface area contributed by atoms with Crippen molar-refractivity contribution in [3.63, 3.8) is 0 Å². The van der Waals surface area contributed by atoms with Gasteiger partial charge in [-0.1, -0.05) is 50.2 Å². The number of hydrogen-bond donors (Lipinski definition) is 1. The molecule has 0 unspecified atom stereocenters. The van der Waals surface area contributed by atoms with Gasteiger partial charge < -0.3 is 19.6 Å². The molecule has 7 heteroatoms. The van der Waals surface area contributed by atoms with E-state index in [-0.39, 0.29) is 17.1 Å². The van der Waals surface area contributed by atoms with Crippen LogP contribution in [0.15, 0.2) is 59.1 Å². The van der Waals surface area contributed by atoms with Gasteiger partial charge in [0.2, 0.25) is 5.91 Å². The lowest BCUT2D eigenvalue weighted by Crippen LogP contribution is -2.50. The minimum absolute atomic E-state index is 0.113. The van der Waals surface area contributed by atoms with Crippen molar-refractivity contribution in [3.05, 3.63) is 71.7 Å². The van der Waals surface area contributed by atoms with Gasteiger partial charge in [-0.05, 0) is 73.0 Å². The van der Waals surface area contributed by atoms with Gasteiger partial charge in [-0.3, -0.25) is 4.79 Å². The zero-order chi connectivity index (χ0) is 26.7. The summed E-state index contributed by atoms with van der Waals surface area (Å²) < 4.78 is 19.0. The normalized spacial score (nSPS) is 20.5. The standard InChI is InChI=1S/C31H39FN4O2/c1-31(2,3)25-6-4-22(5-7-25)29-20-27(34-38-29)18-24-21-33-13-12-23(24)19-30(37)36-16-14-35(15-17-36)28-10-8-26(32)9-11-28/h4-11,20,23-24,33H,12-19,21H2,1-3H3/t23-,24-/m0/s1. The van der Waals surface area contributed by atoms with Crippen LogP contribution in [-0.4, -0.2) is 55.2 Å². The lowest BCUT2D eigenvalue weighted by molar-refractivity contribution is -0.133. The molecule has 0 aliphatic carbocycles. The number of hydrogen-bond acceptors (Lipinski definition) is 5. The first-order valence-corrected chi connectivity index (χ1v) is 13.8. The fraction of sp³-hybridized carbons (Fsp3) is 0.484. The lowest BCUT2D eigenvalue weighted by atomic mass is 9.81. The molecule has 1 aromatic heterocycles. The molecule has 1 amide bonds. The van der Waals surface area contributed by atoms with E-state index < -0.39 is 0 Å². The van der Waals surface area contributed by atoms with Crippen LogP contribution in [-0.2, 0) is 16.6 Å². The highest BCUT2D eigenvalue weighted by atomic mass is 19.1. The highest BCUT2D eigenvalue weighted by Gasteiger charge is 2.31. The van der Waals surface area contributed by atoms with Gasteiger partial charge in [0.15, 0.2) is 5.76 Å². The summed E-state index contributed by atoms with van der Waals surface area (Å²) in [6, 6.07) is 17.2. The second-order valence-corrected chi connectivity index (χ2v) is 11.8. The van der Waals surface area contributed by atoms with E-state index in [4.69, 9.17) is 4.52 Å². The third-order valence-electron chi connectivity index (χ3n) is 8.09. The summed E-state index contributed by atoms with van der Waals surface area (Å²) in [4.78, 5) is 17.5. The number of benzene rings is 2. The molecule has 0 bridgehead atoms. The van der Waals surface area contributed by atoms with Gasteiger partial charge in [0.25, 0.3) is 0 Å². The van der Waals surface area contributed by atoms with E-state index in [1.54, 1.807) is 0 Å². The third-order valence-corrected chi connectivity index (χ3v) is 8.09. The predicted molar refractivity (Wildman–Crippen MR) is 149 cm³/mol. The highest BCUT2D eigenvalue weighted by molar-refractivity contribution is 5.77. The minimum Gasteiger partial charge on any atom is -0.368 e. The second-order valence-electron chi connectivity index (χ2n) is 11.8. The molecule has 2 aliphatic heterocycles. The number of nitrogens with zero attached hydrogens (tertiary/aromatic N) is 3. The number of carbonyl (C=O) groups excluding carboxylic acids is 1. The molecule has 0 radical (unpaired) electrons. The number of rotatable bonds is 6. The summed E-state index contributed by atoms with van der Waals surface area (Å²) in [6.45, 7) is 11.4. The Hall–Kier alpha value is -3.19. The maximum absolute atomic E-state index is 13.3. The molecule has 3 aromatic rings. The van der Waals surface area contributed by atoms with Gasteiger partial charge in [0.05, 0.1) is 5.69 Å². The van der Waals surface area contributed by atoms with Crippen molar-refractivity contribution in [1.29, 1.82) is 0 Å². The molecule has 0 spiro atoms. The van der Waals surface area contributed by atoms with E-state index in [2.05, 4.69) is 60.4 Å². The largest absolute Gasteiger partial charge is 0.368 e. The Morgan fingerprint density at radius 2 is 1.74 bits per heavy atom. The summed E-state index contributed by atoms with van der Waals surface area (Å²) >= 11 is 0. The minimum atomic E-state index is -0.226. The monoisotopic (exact) mass is 518 g/mol. The maximum Gasteiger partial charge on any atom is 0.222 e. The summed E-state index contributed by atoms with van der Waals surface area (Å²) in [5.74, 6) is 1.46. The van der Waals surface area contributed by atoms with Crippen molar-refractivity contribution in [1.82, 2.24) is 15.4 Å². The maximum atomic E-state index is 13.3. The molecule has 2 aliphatic rings. The predicted octanol–water partition coefficient (Wildman–Crippen LogP) is 5.29. The summed E-state index contributed by atoms with van der Waals surface area (Å²) in [7, 11) is 0. The van der Waals surface area contributed by atoms with Crippen molar-refractivity contribution < 1.29 is 13.7 Å². The molecular formula is C31H39FN4O2. The fourth-order valence-electron chi connectivity index (χ4n) is 5.65. The summed E-state index contributed by atoms with van der Waals surface area (Å²) in [5, 5.41) is 7.88. The van der Waals surface area contributed by atoms with Gasteiger partial charge in [0, 0.05) is 49.9 Å². The number of carbonyl (C=O) groups is 1. The number of piperidine rings is 1. The van der Waals surface area contributed by atoms with Gasteiger partial charge >= 0.3 is 0 Å². The Kier molecular flexibility index (Phi) is 7.84. The van der Waals surface area contributed by atoms with E-state index in [9.17, 15) is 9.18 Å². The van der Waals surface area contributed by atoms with Gasteiger partial charge in [-0.2, -0.15) is 0 Å². The van der Waals surface area contributed by atoms with E-state index in [0.717, 1.165) is 61.7 Å². The van der Waals surface area contributed by atoms with Crippen molar-refractivity contribution in [2.45, 2.75) is 45.4 Å². The number of anilines is 1. The van der Waals surface area contributed by atoms with E-state index >= 15 is 0 Å². The number of aromatic nitrogens is 1. The molecule has 2 saturated heterocycles. The van der Waals surface area contributed by atoms with Crippen LogP contribution in [0.5, 0.6) is 0 Å². The molecular weight excluding hydrogens is 479 g/mol. The van der Waals surface area contributed by atoms with Crippen molar-refractivity contribution in [3.8, 4) is 11.3 Å². The molecule has 38 heavy (non-hydrogen) atoms. The molecule has 0 saturated carbocycles. The quantitative estimate of drug-likeness (QED) is 0.481. The molecule has 3 heterocycles. The molecule has 2 atom stereocenters. The average Bonchev–Trinajstić information content (AvgIpc) is 3.38. The second kappa shape index (κ2) is 11.3. The van der Waals surface area contributed by atoms with Crippen LogP contribution < -0.4 is 10.2 Å².